The van der Waals surface area contributed by atoms with Gasteiger partial charge in [0.2, 0.25) is 4.99 Å². The van der Waals surface area contributed by atoms with Crippen LogP contribution in [-0.2, 0) is 10.1 Å². The monoisotopic (exact) mass is 418 g/mol. The maximum Gasteiger partial charge on any atom is 1.00 e. The third-order valence-corrected chi connectivity index (χ3v) is 6.67. The van der Waals surface area contributed by atoms with Gasteiger partial charge in [0.05, 0.1) is 11.4 Å². The molecule has 0 aliphatic carbocycles. The van der Waals surface area contributed by atoms with Gasteiger partial charge in [0.1, 0.15) is 10.1 Å². The van der Waals surface area contributed by atoms with Crippen LogP contribution in [0.5, 0.6) is 0 Å². The van der Waals surface area contributed by atoms with Crippen molar-refractivity contribution >= 4 is 21.5 Å². The van der Waals surface area contributed by atoms with E-state index in [1.54, 1.807) is 12.1 Å². The van der Waals surface area contributed by atoms with Crippen LogP contribution in [-0.4, -0.2) is 18.0 Å². The molecule has 0 bridgehead atoms. The van der Waals surface area contributed by atoms with Gasteiger partial charge in [-0.3, -0.25) is 0 Å². The van der Waals surface area contributed by atoms with Gasteiger partial charge < -0.3 is 15.2 Å². The Labute approximate surface area is 193 Å². The molecule has 1 aliphatic heterocycles. The maximum atomic E-state index is 11.9. The van der Waals surface area contributed by atoms with Crippen molar-refractivity contribution in [3.05, 3.63) is 24.3 Å². The molecule has 1 heterocycles. The van der Waals surface area contributed by atoms with E-state index < -0.39 is 15.1 Å². The fourth-order valence-corrected chi connectivity index (χ4v) is 4.62. The molecular weight excluding hydrogens is 383 g/mol. The van der Waals surface area contributed by atoms with Crippen molar-refractivity contribution in [2.24, 2.45) is 0 Å². The molecule has 0 amide bonds. The Morgan fingerprint density at radius 3 is 1.57 bits per heavy atom. The molecule has 5 nitrogen and oxygen atoms in total. The number of anilines is 2. The zero-order chi connectivity index (χ0) is 19.6. The van der Waals surface area contributed by atoms with Crippen molar-refractivity contribution in [1.82, 2.24) is 0 Å². The molecule has 0 radical (unpaired) electrons. The van der Waals surface area contributed by atoms with Crippen LogP contribution in [0, 0.1) is 0 Å². The summed E-state index contributed by atoms with van der Waals surface area (Å²) in [5.41, 5.74) is 1.35. The molecule has 1 aromatic rings. The first-order valence-electron chi connectivity index (χ1n) is 10.6. The van der Waals surface area contributed by atoms with E-state index in [4.69, 9.17) is 0 Å². The first kappa shape index (κ1) is 25.8. The van der Waals surface area contributed by atoms with Crippen LogP contribution in [0.2, 0.25) is 0 Å². The zero-order valence-electron chi connectivity index (χ0n) is 17.6. The standard InChI is InChI=1S/C21H36N2O3S.Na/c1-2-3-4-5-6-7-8-9-10-11-12-15-18-21(27(24,25)26)22-19-16-13-14-17-20(19)23-21;/h13-14,16-17,22-23H,2-12,15,18H2,1H3,(H,24,25,26);/q;+1/p-1. The van der Waals surface area contributed by atoms with E-state index in [0.29, 0.717) is 17.8 Å². The summed E-state index contributed by atoms with van der Waals surface area (Å²) in [7, 11) is -4.52. The number of rotatable bonds is 14. The smallest absolute Gasteiger partial charge is 0.745 e. The third-order valence-electron chi connectivity index (χ3n) is 5.41. The summed E-state index contributed by atoms with van der Waals surface area (Å²) in [6, 6.07) is 7.23. The van der Waals surface area contributed by atoms with E-state index in [0.717, 1.165) is 12.8 Å². The van der Waals surface area contributed by atoms with E-state index in [1.165, 1.54) is 57.8 Å². The first-order chi connectivity index (χ1) is 13.0. The molecule has 28 heavy (non-hydrogen) atoms. The molecule has 154 valence electrons. The van der Waals surface area contributed by atoms with E-state index >= 15 is 0 Å². The summed E-state index contributed by atoms with van der Waals surface area (Å²) in [6.45, 7) is 2.24. The number of unbranched alkanes of at least 4 members (excludes halogenated alkanes) is 11. The van der Waals surface area contributed by atoms with Crippen LogP contribution in [0.1, 0.15) is 90.4 Å². The average molecular weight is 419 g/mol. The minimum atomic E-state index is -4.52. The number of benzene rings is 1. The Kier molecular flexibility index (Phi) is 12.1. The largest absolute Gasteiger partial charge is 1.00 e. The number of para-hydroxylation sites is 2. The predicted octanol–water partition coefficient (Wildman–Crippen LogP) is 2.82. The first-order valence-corrected chi connectivity index (χ1v) is 12.0. The summed E-state index contributed by atoms with van der Waals surface area (Å²) in [5, 5.41) is 5.83. The summed E-state index contributed by atoms with van der Waals surface area (Å²) < 4.78 is 35.6. The maximum absolute atomic E-state index is 11.9. The Bertz CT molecular complexity index is 642. The van der Waals surface area contributed by atoms with Crippen LogP contribution in [0.4, 0.5) is 11.4 Å². The molecule has 0 saturated carbocycles. The number of hydrogen-bond donors (Lipinski definition) is 2. The Hall–Kier alpha value is -0.270. The van der Waals surface area contributed by atoms with Crippen molar-refractivity contribution in [3.8, 4) is 0 Å². The van der Waals surface area contributed by atoms with Gasteiger partial charge in [-0.15, -0.1) is 0 Å². The minimum Gasteiger partial charge on any atom is -0.745 e. The van der Waals surface area contributed by atoms with Gasteiger partial charge in [0, 0.05) is 6.42 Å². The Morgan fingerprint density at radius 1 is 0.786 bits per heavy atom. The van der Waals surface area contributed by atoms with Gasteiger partial charge in [-0.1, -0.05) is 89.7 Å². The SMILES string of the molecule is CCCCCCCCCCCCCCC1(S(=O)(=O)[O-])Nc2ccccc2N1.[Na+]. The predicted molar refractivity (Wildman–Crippen MR) is 112 cm³/mol. The van der Waals surface area contributed by atoms with Crippen molar-refractivity contribution in [3.63, 3.8) is 0 Å². The molecule has 1 aliphatic rings. The van der Waals surface area contributed by atoms with Crippen molar-refractivity contribution in [2.45, 2.75) is 95.4 Å². The van der Waals surface area contributed by atoms with Gasteiger partial charge in [-0.05, 0) is 18.6 Å². The summed E-state index contributed by atoms with van der Waals surface area (Å²) in [5.74, 6) is 0. The normalized spacial score (nSPS) is 14.6. The fourth-order valence-electron chi connectivity index (χ4n) is 3.76. The number of nitrogens with one attached hydrogen (secondary N) is 2. The van der Waals surface area contributed by atoms with Crippen LogP contribution >= 0.6 is 0 Å². The molecule has 0 unspecified atom stereocenters. The van der Waals surface area contributed by atoms with Crippen molar-refractivity contribution in [1.29, 1.82) is 0 Å². The topological polar surface area (TPSA) is 81.3 Å². The molecule has 0 spiro atoms. The van der Waals surface area contributed by atoms with Gasteiger partial charge >= 0.3 is 29.6 Å². The second-order valence-corrected chi connectivity index (χ2v) is 9.32. The Balaban J connectivity index is 0.00000392. The van der Waals surface area contributed by atoms with Crippen LogP contribution in [0.3, 0.4) is 0 Å². The second kappa shape index (κ2) is 13.1. The molecule has 0 atom stereocenters. The van der Waals surface area contributed by atoms with E-state index in [1.807, 2.05) is 12.1 Å². The molecule has 0 saturated heterocycles. The summed E-state index contributed by atoms with van der Waals surface area (Å²) >= 11 is 0. The minimum absolute atomic E-state index is 0. The quantitative estimate of drug-likeness (QED) is 0.276. The fraction of sp³-hybridized carbons (Fsp3) is 0.714. The molecular formula is C21H35N2NaO3S. The molecule has 1 aromatic carbocycles. The molecule has 7 heteroatoms. The molecule has 0 fully saturated rings. The van der Waals surface area contributed by atoms with E-state index in [-0.39, 0.29) is 36.0 Å². The van der Waals surface area contributed by atoms with Crippen LogP contribution < -0.4 is 40.2 Å². The van der Waals surface area contributed by atoms with Crippen LogP contribution in [0.25, 0.3) is 0 Å². The number of fused-ring (bicyclic) bond motifs is 1. The van der Waals surface area contributed by atoms with Gasteiger partial charge in [-0.25, -0.2) is 8.42 Å². The van der Waals surface area contributed by atoms with E-state index in [2.05, 4.69) is 17.6 Å². The summed E-state index contributed by atoms with van der Waals surface area (Å²) in [6.07, 6.45) is 14.8. The van der Waals surface area contributed by atoms with Gasteiger partial charge in [0.25, 0.3) is 0 Å². The molecule has 0 aromatic heterocycles. The molecule has 2 rings (SSSR count). The number of hydrogen-bond acceptors (Lipinski definition) is 5. The van der Waals surface area contributed by atoms with Crippen LogP contribution in [0.15, 0.2) is 24.3 Å². The average Bonchev–Trinajstić information content (AvgIpc) is 3.02. The Morgan fingerprint density at radius 2 is 1.18 bits per heavy atom. The zero-order valence-corrected chi connectivity index (χ0v) is 20.5. The molecule has 2 N–H and O–H groups in total. The van der Waals surface area contributed by atoms with Crippen molar-refractivity contribution in [2.75, 3.05) is 10.6 Å². The third kappa shape index (κ3) is 7.86. The second-order valence-electron chi connectivity index (χ2n) is 7.72. The van der Waals surface area contributed by atoms with Crippen molar-refractivity contribution < 1.29 is 42.5 Å². The van der Waals surface area contributed by atoms with Gasteiger partial charge in [0.15, 0.2) is 0 Å². The van der Waals surface area contributed by atoms with Gasteiger partial charge in [-0.2, -0.15) is 0 Å². The van der Waals surface area contributed by atoms with E-state index in [9.17, 15) is 13.0 Å². The summed E-state index contributed by atoms with van der Waals surface area (Å²) in [4.78, 5) is -1.60.